The number of nitrogens with zero attached hydrogens (tertiary/aromatic N) is 4. The van der Waals surface area contributed by atoms with Crippen LogP contribution in [0.3, 0.4) is 0 Å². The van der Waals surface area contributed by atoms with Gasteiger partial charge < -0.3 is 5.32 Å². The highest BCUT2D eigenvalue weighted by Gasteiger charge is 2.30. The van der Waals surface area contributed by atoms with E-state index in [9.17, 15) is 9.18 Å². The summed E-state index contributed by atoms with van der Waals surface area (Å²) in [6.07, 6.45) is 5.55. The van der Waals surface area contributed by atoms with Crippen molar-refractivity contribution < 1.29 is 9.18 Å². The first-order chi connectivity index (χ1) is 16.0. The monoisotopic (exact) mass is 477 g/mol. The molecule has 0 atom stereocenters. The highest BCUT2D eigenvalue weighted by Crippen LogP contribution is 2.41. The maximum Gasteiger partial charge on any atom is 0.263 e. The molecule has 1 aliphatic rings. The van der Waals surface area contributed by atoms with Crippen molar-refractivity contribution in [3.05, 3.63) is 92.7 Å². The van der Waals surface area contributed by atoms with Crippen LogP contribution in [0, 0.1) is 12.4 Å². The van der Waals surface area contributed by atoms with E-state index in [2.05, 4.69) is 20.2 Å². The number of halogens is 2. The van der Waals surface area contributed by atoms with Gasteiger partial charge in [-0.1, -0.05) is 29.8 Å². The van der Waals surface area contributed by atoms with E-state index in [1.165, 1.54) is 17.4 Å². The average molecular weight is 478 g/mol. The highest BCUT2D eigenvalue weighted by atomic mass is 35.5. The maximum atomic E-state index is 14.8. The Kier molecular flexibility index (Phi) is 5.67. The molecule has 164 valence electrons. The minimum atomic E-state index is -0.430. The molecule has 0 saturated heterocycles. The van der Waals surface area contributed by atoms with E-state index >= 15 is 0 Å². The Morgan fingerprint density at radius 1 is 1.27 bits per heavy atom. The fourth-order valence-corrected chi connectivity index (χ4v) is 4.55. The van der Waals surface area contributed by atoms with E-state index in [-0.39, 0.29) is 12.5 Å². The molecule has 4 aromatic rings. The molecule has 0 spiro atoms. The zero-order valence-electron chi connectivity index (χ0n) is 17.3. The smallest absolute Gasteiger partial charge is 0.263 e. The van der Waals surface area contributed by atoms with Gasteiger partial charge in [0.25, 0.3) is 5.91 Å². The molecule has 1 amide bonds. The SMILES string of the molecule is [C-]#[N+]c1ccc(-c2cnn(-c3ccc(CNC(=O)c4scnc4C4CC4)c(F)c3)c2)cc1Cl. The van der Waals surface area contributed by atoms with Crippen molar-refractivity contribution >= 4 is 34.5 Å². The van der Waals surface area contributed by atoms with Gasteiger partial charge >= 0.3 is 0 Å². The van der Waals surface area contributed by atoms with Gasteiger partial charge in [0.2, 0.25) is 5.69 Å². The number of nitrogens with one attached hydrogen (secondary N) is 1. The second-order valence-corrected chi connectivity index (χ2v) is 9.01. The Balaban J connectivity index is 1.29. The number of thiazole rings is 1. The topological polar surface area (TPSA) is 64.2 Å². The van der Waals surface area contributed by atoms with Crippen molar-refractivity contribution in [2.24, 2.45) is 0 Å². The van der Waals surface area contributed by atoms with Crippen molar-refractivity contribution in [2.45, 2.75) is 25.3 Å². The average Bonchev–Trinajstić information content (AvgIpc) is 3.33. The Bertz CT molecular complexity index is 1400. The largest absolute Gasteiger partial charge is 0.347 e. The lowest BCUT2D eigenvalue weighted by molar-refractivity contribution is 0.0953. The van der Waals surface area contributed by atoms with Gasteiger partial charge in [-0.25, -0.2) is 18.9 Å². The Hall–Kier alpha value is -3.54. The lowest BCUT2D eigenvalue weighted by Gasteiger charge is -2.08. The van der Waals surface area contributed by atoms with E-state index in [0.717, 1.165) is 29.7 Å². The van der Waals surface area contributed by atoms with Crippen LogP contribution in [0.5, 0.6) is 0 Å². The molecular formula is C24H17ClFN5OS. The van der Waals surface area contributed by atoms with Crippen LogP contribution in [0.25, 0.3) is 21.7 Å². The number of amides is 1. The number of carbonyl (C=O) groups excluding carboxylic acids is 1. The van der Waals surface area contributed by atoms with E-state index in [4.69, 9.17) is 18.2 Å². The molecule has 2 heterocycles. The molecule has 2 aromatic heterocycles. The van der Waals surface area contributed by atoms with Crippen LogP contribution in [-0.4, -0.2) is 20.7 Å². The fraction of sp³-hybridized carbons (Fsp3) is 0.167. The molecule has 0 aliphatic heterocycles. The number of carbonyl (C=O) groups is 1. The van der Waals surface area contributed by atoms with Crippen LogP contribution in [0.15, 0.2) is 54.3 Å². The molecule has 1 fully saturated rings. The summed E-state index contributed by atoms with van der Waals surface area (Å²) in [4.78, 5) is 20.8. The molecule has 1 N–H and O–H groups in total. The van der Waals surface area contributed by atoms with Gasteiger partial charge in [0, 0.05) is 34.8 Å². The van der Waals surface area contributed by atoms with Crippen LogP contribution < -0.4 is 5.32 Å². The second kappa shape index (κ2) is 8.77. The maximum absolute atomic E-state index is 14.8. The van der Waals surface area contributed by atoms with Crippen LogP contribution >= 0.6 is 22.9 Å². The summed E-state index contributed by atoms with van der Waals surface area (Å²) in [7, 11) is 0. The van der Waals surface area contributed by atoms with Gasteiger partial charge in [-0.3, -0.25) is 4.79 Å². The zero-order valence-corrected chi connectivity index (χ0v) is 18.8. The summed E-state index contributed by atoms with van der Waals surface area (Å²) >= 11 is 7.45. The predicted molar refractivity (Wildman–Crippen MR) is 125 cm³/mol. The standard InChI is InChI=1S/C24H17ClFN5OS/c1-27-21-7-5-15(8-19(21)25)17-11-30-31(12-17)18-6-4-16(20(26)9-18)10-28-24(32)23-22(14-2-3-14)29-13-33-23/h4-9,11-14H,2-3,10H2,(H,28,32). The van der Waals surface area contributed by atoms with Gasteiger partial charge in [0.1, 0.15) is 10.7 Å². The zero-order chi connectivity index (χ0) is 22.9. The number of hydrogen-bond donors (Lipinski definition) is 1. The van der Waals surface area contributed by atoms with E-state index in [0.29, 0.717) is 32.8 Å². The van der Waals surface area contributed by atoms with Gasteiger partial charge in [-0.15, -0.1) is 11.3 Å². The third kappa shape index (κ3) is 4.38. The van der Waals surface area contributed by atoms with Crippen molar-refractivity contribution in [1.82, 2.24) is 20.1 Å². The molecule has 6 nitrogen and oxygen atoms in total. The van der Waals surface area contributed by atoms with Gasteiger partial charge in [-0.05, 0) is 36.6 Å². The molecule has 9 heteroatoms. The van der Waals surface area contributed by atoms with E-state index < -0.39 is 5.82 Å². The van der Waals surface area contributed by atoms with E-state index in [1.54, 1.807) is 52.9 Å². The minimum absolute atomic E-state index is 0.0865. The van der Waals surface area contributed by atoms with Gasteiger partial charge in [-0.2, -0.15) is 5.10 Å². The molecule has 0 bridgehead atoms. The molecule has 1 aliphatic carbocycles. The van der Waals surface area contributed by atoms with Crippen LogP contribution in [0.2, 0.25) is 5.02 Å². The van der Waals surface area contributed by atoms with Gasteiger partial charge in [0.15, 0.2) is 0 Å². The highest BCUT2D eigenvalue weighted by molar-refractivity contribution is 7.11. The van der Waals surface area contributed by atoms with Crippen molar-refractivity contribution in [2.75, 3.05) is 0 Å². The normalized spacial score (nSPS) is 13.0. The van der Waals surface area contributed by atoms with Crippen LogP contribution in [0.1, 0.15) is 39.7 Å². The van der Waals surface area contributed by atoms with Crippen molar-refractivity contribution in [1.29, 1.82) is 0 Å². The molecule has 2 aromatic carbocycles. The van der Waals surface area contributed by atoms with Crippen LogP contribution in [0.4, 0.5) is 10.1 Å². The fourth-order valence-electron chi connectivity index (χ4n) is 3.54. The third-order valence-corrected chi connectivity index (χ3v) is 6.63. The molecule has 0 radical (unpaired) electrons. The first-order valence-corrected chi connectivity index (χ1v) is 11.5. The summed E-state index contributed by atoms with van der Waals surface area (Å²) < 4.78 is 16.3. The lowest BCUT2D eigenvalue weighted by atomic mass is 10.1. The second-order valence-electron chi connectivity index (χ2n) is 7.75. The summed E-state index contributed by atoms with van der Waals surface area (Å²) in [5.41, 5.74) is 5.47. The summed E-state index contributed by atoms with van der Waals surface area (Å²) in [5, 5.41) is 7.49. The Morgan fingerprint density at radius 2 is 2.12 bits per heavy atom. The third-order valence-electron chi connectivity index (χ3n) is 5.49. The van der Waals surface area contributed by atoms with Gasteiger partial charge in [0.05, 0.1) is 29.7 Å². The minimum Gasteiger partial charge on any atom is -0.347 e. The molecule has 1 saturated carbocycles. The molecule has 33 heavy (non-hydrogen) atoms. The number of rotatable bonds is 6. The molecule has 0 unspecified atom stereocenters. The molecule has 5 rings (SSSR count). The first kappa shape index (κ1) is 21.3. The summed E-state index contributed by atoms with van der Waals surface area (Å²) in [6.45, 7) is 7.18. The van der Waals surface area contributed by atoms with Crippen molar-refractivity contribution in [3.8, 4) is 16.8 Å². The van der Waals surface area contributed by atoms with Crippen molar-refractivity contribution in [3.63, 3.8) is 0 Å². The Labute approximate surface area is 198 Å². The first-order valence-electron chi connectivity index (χ1n) is 10.3. The summed E-state index contributed by atoms with van der Waals surface area (Å²) in [6, 6.07) is 9.94. The molecular weight excluding hydrogens is 461 g/mol. The quantitative estimate of drug-likeness (QED) is 0.339. The van der Waals surface area contributed by atoms with Crippen LogP contribution in [-0.2, 0) is 6.54 Å². The van der Waals surface area contributed by atoms with E-state index in [1.807, 2.05) is 0 Å². The predicted octanol–water partition coefficient (Wildman–Crippen LogP) is 6.15. The summed E-state index contributed by atoms with van der Waals surface area (Å²) in [5.74, 6) is -0.267. The number of hydrogen-bond acceptors (Lipinski definition) is 4. The number of aromatic nitrogens is 3. The number of benzene rings is 2. The lowest BCUT2D eigenvalue weighted by Crippen LogP contribution is -2.23. The Morgan fingerprint density at radius 3 is 2.85 bits per heavy atom.